The molecule has 0 aliphatic carbocycles. The number of ether oxygens (including phenoxy) is 3. The molecule has 0 aliphatic rings. The van der Waals surface area contributed by atoms with Crippen LogP contribution in [0.4, 0.5) is 0 Å². The maximum absolute atomic E-state index is 12.9. The molecule has 0 amide bonds. The molecular formula is C77H140O6. The molecule has 0 spiro atoms. The lowest BCUT2D eigenvalue weighted by atomic mass is 10.0. The van der Waals surface area contributed by atoms with Crippen molar-refractivity contribution in [1.29, 1.82) is 0 Å². The number of carbonyl (C=O) groups excluding carboxylic acids is 3. The maximum atomic E-state index is 12.9. The Bertz CT molecular complexity index is 1470. The number of unbranched alkanes of at least 4 members (excludes halogenated alkanes) is 47. The van der Waals surface area contributed by atoms with Gasteiger partial charge >= 0.3 is 17.9 Å². The van der Waals surface area contributed by atoms with Gasteiger partial charge in [-0.25, -0.2) is 0 Å². The summed E-state index contributed by atoms with van der Waals surface area (Å²) < 4.78 is 17.0. The summed E-state index contributed by atoms with van der Waals surface area (Å²) in [6.45, 7) is 6.57. The minimum Gasteiger partial charge on any atom is -0.462 e. The van der Waals surface area contributed by atoms with Crippen molar-refractivity contribution in [2.75, 3.05) is 13.2 Å². The number of carbonyl (C=O) groups is 3. The standard InChI is InChI=1S/C77H140O6/c1-4-7-10-13-16-19-22-25-28-30-32-33-34-35-36-37-38-39-40-41-42-43-44-46-47-49-52-55-58-61-64-67-70-76(79)82-73-74(72-81-75(78)69-66-63-60-57-54-51-27-24-21-18-15-12-9-6-3)83-77(80)71-68-65-62-59-56-53-50-48-45-31-29-26-23-20-17-14-11-8-5-2/h8,11,17,20,26,29,45,48,53,56,74H,4-7,9-10,12-16,18-19,21-25,27-28,30-44,46-47,49-52,54-55,57-73H2,1-3H3/b11-8-,20-17-,29-26-,48-45-,56-53-. The molecule has 0 aromatic heterocycles. The summed E-state index contributed by atoms with van der Waals surface area (Å²) >= 11 is 0. The molecule has 1 atom stereocenters. The predicted molar refractivity (Wildman–Crippen MR) is 362 cm³/mol. The largest absolute Gasteiger partial charge is 0.462 e. The van der Waals surface area contributed by atoms with Crippen LogP contribution in [0.15, 0.2) is 60.8 Å². The van der Waals surface area contributed by atoms with Gasteiger partial charge in [-0.2, -0.15) is 0 Å². The minimum atomic E-state index is -0.791. The first kappa shape index (κ1) is 80.1. The molecule has 0 aromatic carbocycles. The highest BCUT2D eigenvalue weighted by Gasteiger charge is 2.19. The quantitative estimate of drug-likeness (QED) is 0.0261. The molecule has 1 unspecified atom stereocenters. The third-order valence-corrected chi connectivity index (χ3v) is 16.5. The molecule has 0 saturated carbocycles. The van der Waals surface area contributed by atoms with Crippen LogP contribution in [-0.4, -0.2) is 37.2 Å². The zero-order valence-corrected chi connectivity index (χ0v) is 55.7. The molecule has 0 rings (SSSR count). The topological polar surface area (TPSA) is 78.9 Å². The fourth-order valence-corrected chi connectivity index (χ4v) is 11.1. The van der Waals surface area contributed by atoms with Gasteiger partial charge in [-0.1, -0.05) is 370 Å². The van der Waals surface area contributed by atoms with E-state index < -0.39 is 6.10 Å². The molecule has 0 N–H and O–H groups in total. The zero-order chi connectivity index (χ0) is 59.9. The molecule has 0 aromatic rings. The van der Waals surface area contributed by atoms with Crippen LogP contribution in [0.25, 0.3) is 0 Å². The van der Waals surface area contributed by atoms with Gasteiger partial charge in [0.05, 0.1) is 0 Å². The summed E-state index contributed by atoms with van der Waals surface area (Å²) in [6.07, 6.45) is 92.8. The smallest absolute Gasteiger partial charge is 0.306 e. The average Bonchev–Trinajstić information content (AvgIpc) is 3.49. The van der Waals surface area contributed by atoms with E-state index in [1.165, 1.54) is 257 Å². The van der Waals surface area contributed by atoms with Crippen molar-refractivity contribution in [1.82, 2.24) is 0 Å². The summed E-state index contributed by atoms with van der Waals surface area (Å²) in [5.74, 6) is -0.890. The Morgan fingerprint density at radius 3 is 0.735 bits per heavy atom. The Morgan fingerprint density at radius 2 is 0.470 bits per heavy atom. The Hall–Kier alpha value is -2.89. The molecule has 83 heavy (non-hydrogen) atoms. The maximum Gasteiger partial charge on any atom is 0.306 e. The third-order valence-electron chi connectivity index (χ3n) is 16.5. The second-order valence-electron chi connectivity index (χ2n) is 24.8. The summed E-state index contributed by atoms with van der Waals surface area (Å²) in [5.41, 5.74) is 0. The van der Waals surface area contributed by atoms with Gasteiger partial charge in [0.15, 0.2) is 6.10 Å². The normalized spacial score (nSPS) is 12.4. The summed E-state index contributed by atoms with van der Waals surface area (Å²) in [7, 11) is 0. The van der Waals surface area contributed by atoms with E-state index in [1.54, 1.807) is 0 Å². The Kier molecular flexibility index (Phi) is 69.1. The highest BCUT2D eigenvalue weighted by molar-refractivity contribution is 5.71. The fraction of sp³-hybridized carbons (Fsp3) is 0.831. The van der Waals surface area contributed by atoms with Crippen molar-refractivity contribution in [3.8, 4) is 0 Å². The lowest BCUT2D eigenvalue weighted by molar-refractivity contribution is -0.167. The molecule has 0 bridgehead atoms. The van der Waals surface area contributed by atoms with Crippen LogP contribution in [0.2, 0.25) is 0 Å². The SMILES string of the molecule is CC/C=C\C/C=C\C/C=C\C/C=C\C/C=C\CCCCCC(=O)OC(COC(=O)CCCCCCCCCCCCCCCC)COC(=O)CCCCCCCCCCCCCCCCCCCCCCCCCCCCCCCCCC. The molecule has 0 heterocycles. The molecule has 6 heteroatoms. The Balaban J connectivity index is 4.19. The van der Waals surface area contributed by atoms with E-state index >= 15 is 0 Å². The van der Waals surface area contributed by atoms with Crippen LogP contribution in [-0.2, 0) is 28.6 Å². The van der Waals surface area contributed by atoms with Crippen molar-refractivity contribution < 1.29 is 28.6 Å². The van der Waals surface area contributed by atoms with Crippen molar-refractivity contribution in [3.05, 3.63) is 60.8 Å². The Labute approximate surface area is 517 Å². The van der Waals surface area contributed by atoms with Gasteiger partial charge < -0.3 is 14.2 Å². The minimum absolute atomic E-state index is 0.0829. The average molecular weight is 1160 g/mol. The molecule has 0 saturated heterocycles. The van der Waals surface area contributed by atoms with E-state index in [0.29, 0.717) is 19.3 Å². The van der Waals surface area contributed by atoms with Gasteiger partial charge in [0.1, 0.15) is 13.2 Å². The number of allylic oxidation sites excluding steroid dienone is 10. The van der Waals surface area contributed by atoms with Crippen molar-refractivity contribution in [3.63, 3.8) is 0 Å². The summed E-state index contributed by atoms with van der Waals surface area (Å²) in [5, 5.41) is 0. The second-order valence-corrected chi connectivity index (χ2v) is 24.8. The monoisotopic (exact) mass is 1160 g/mol. The van der Waals surface area contributed by atoms with E-state index in [-0.39, 0.29) is 31.1 Å². The first-order chi connectivity index (χ1) is 41.0. The van der Waals surface area contributed by atoms with Crippen molar-refractivity contribution >= 4 is 17.9 Å². The first-order valence-electron chi connectivity index (χ1n) is 36.8. The highest BCUT2D eigenvalue weighted by atomic mass is 16.6. The van der Waals surface area contributed by atoms with E-state index in [0.717, 1.165) is 96.3 Å². The number of esters is 3. The highest BCUT2D eigenvalue weighted by Crippen LogP contribution is 2.19. The lowest BCUT2D eigenvalue weighted by Crippen LogP contribution is -2.30. The number of hydrogen-bond donors (Lipinski definition) is 0. The van der Waals surface area contributed by atoms with Crippen LogP contribution >= 0.6 is 0 Å². The van der Waals surface area contributed by atoms with Crippen LogP contribution in [0.3, 0.4) is 0 Å². The zero-order valence-electron chi connectivity index (χ0n) is 55.7. The molecular weight excluding hydrogens is 1020 g/mol. The van der Waals surface area contributed by atoms with E-state index in [4.69, 9.17) is 14.2 Å². The molecule has 484 valence electrons. The van der Waals surface area contributed by atoms with Gasteiger partial charge in [0, 0.05) is 19.3 Å². The molecule has 6 nitrogen and oxygen atoms in total. The first-order valence-corrected chi connectivity index (χ1v) is 36.8. The van der Waals surface area contributed by atoms with E-state index in [1.807, 2.05) is 0 Å². The third kappa shape index (κ3) is 69.8. The van der Waals surface area contributed by atoms with E-state index in [2.05, 4.69) is 81.5 Å². The van der Waals surface area contributed by atoms with Crippen LogP contribution in [0.1, 0.15) is 393 Å². The van der Waals surface area contributed by atoms with E-state index in [9.17, 15) is 14.4 Å². The second kappa shape index (κ2) is 71.6. The predicted octanol–water partition coefficient (Wildman–Crippen LogP) is 25.5. The van der Waals surface area contributed by atoms with Gasteiger partial charge in [0.25, 0.3) is 0 Å². The van der Waals surface area contributed by atoms with Crippen LogP contribution in [0, 0.1) is 0 Å². The van der Waals surface area contributed by atoms with Gasteiger partial charge in [-0.15, -0.1) is 0 Å². The number of hydrogen-bond acceptors (Lipinski definition) is 6. The van der Waals surface area contributed by atoms with Crippen LogP contribution in [0.5, 0.6) is 0 Å². The number of rotatable bonds is 68. The van der Waals surface area contributed by atoms with Crippen LogP contribution < -0.4 is 0 Å². The summed E-state index contributed by atoms with van der Waals surface area (Å²) in [6, 6.07) is 0. The fourth-order valence-electron chi connectivity index (χ4n) is 11.1. The van der Waals surface area contributed by atoms with Gasteiger partial charge in [-0.3, -0.25) is 14.4 Å². The molecule has 0 fully saturated rings. The van der Waals surface area contributed by atoms with Crippen molar-refractivity contribution in [2.24, 2.45) is 0 Å². The van der Waals surface area contributed by atoms with Crippen molar-refractivity contribution in [2.45, 2.75) is 399 Å². The lowest BCUT2D eigenvalue weighted by Gasteiger charge is -2.18. The Morgan fingerprint density at radius 1 is 0.253 bits per heavy atom. The molecule has 0 radical (unpaired) electrons. The van der Waals surface area contributed by atoms with Gasteiger partial charge in [0.2, 0.25) is 0 Å². The van der Waals surface area contributed by atoms with Gasteiger partial charge in [-0.05, 0) is 64.2 Å². The summed E-state index contributed by atoms with van der Waals surface area (Å²) in [4.78, 5) is 38.4. The molecule has 0 aliphatic heterocycles.